The van der Waals surface area contributed by atoms with Crippen molar-refractivity contribution < 1.29 is 9.66 Å². The van der Waals surface area contributed by atoms with Crippen molar-refractivity contribution >= 4 is 33.1 Å². The highest BCUT2D eigenvalue weighted by molar-refractivity contribution is 7.13. The van der Waals surface area contributed by atoms with E-state index in [4.69, 9.17) is 4.74 Å². The van der Waals surface area contributed by atoms with E-state index in [0.29, 0.717) is 12.4 Å². The van der Waals surface area contributed by atoms with Crippen LogP contribution in [0.5, 0.6) is 5.75 Å². The molecule has 0 aliphatic carbocycles. The molecule has 2 heterocycles. The minimum atomic E-state index is -0.405. The maximum absolute atomic E-state index is 10.8. The smallest absolute Gasteiger partial charge is 0.273 e. The van der Waals surface area contributed by atoms with Crippen molar-refractivity contribution in [2.75, 3.05) is 44.2 Å². The van der Waals surface area contributed by atoms with Crippen LogP contribution in [0.25, 0.3) is 10.1 Å². The Balaban J connectivity index is 1.22. The summed E-state index contributed by atoms with van der Waals surface area (Å²) in [5, 5.41) is 12.1. The van der Waals surface area contributed by atoms with Gasteiger partial charge in [0.15, 0.2) is 0 Å². The van der Waals surface area contributed by atoms with Crippen LogP contribution in [0.4, 0.5) is 11.5 Å². The number of piperazine rings is 1. The number of hydrogen-bond donors (Lipinski definition) is 0. The number of rotatable bonds is 7. The molecule has 0 unspecified atom stereocenters. The molecule has 0 bridgehead atoms. The van der Waals surface area contributed by atoms with Crippen LogP contribution < -0.4 is 9.64 Å². The van der Waals surface area contributed by atoms with E-state index in [1.165, 1.54) is 22.2 Å². The SMILES string of the molecule is O=[N+]([O-])c1cccc(OCCCN2CCN(c3nsc4ccccc34)CC2)c1. The number of nitro benzene ring substituents is 1. The van der Waals surface area contributed by atoms with Gasteiger partial charge in [-0.05, 0) is 36.2 Å². The Morgan fingerprint density at radius 3 is 2.75 bits per heavy atom. The average molecular weight is 398 g/mol. The van der Waals surface area contributed by atoms with Crippen molar-refractivity contribution in [3.63, 3.8) is 0 Å². The second kappa shape index (κ2) is 8.53. The van der Waals surface area contributed by atoms with E-state index in [1.807, 2.05) is 0 Å². The highest BCUT2D eigenvalue weighted by atomic mass is 32.1. The maximum atomic E-state index is 10.8. The molecule has 0 amide bonds. The number of nitrogens with zero attached hydrogens (tertiary/aromatic N) is 4. The summed E-state index contributed by atoms with van der Waals surface area (Å²) < 4.78 is 11.6. The normalized spacial score (nSPS) is 15.1. The second-order valence-corrected chi connectivity index (χ2v) is 7.59. The molecule has 7 nitrogen and oxygen atoms in total. The molecule has 146 valence electrons. The number of fused-ring (bicyclic) bond motifs is 1. The fourth-order valence-electron chi connectivity index (χ4n) is 3.45. The van der Waals surface area contributed by atoms with E-state index >= 15 is 0 Å². The maximum Gasteiger partial charge on any atom is 0.273 e. The molecule has 0 saturated carbocycles. The molecule has 1 fully saturated rings. The molecule has 0 N–H and O–H groups in total. The quantitative estimate of drug-likeness (QED) is 0.342. The van der Waals surface area contributed by atoms with Gasteiger partial charge in [-0.2, -0.15) is 4.37 Å². The number of benzene rings is 2. The van der Waals surface area contributed by atoms with Crippen LogP contribution in [-0.2, 0) is 0 Å². The summed E-state index contributed by atoms with van der Waals surface area (Å²) in [7, 11) is 0. The van der Waals surface area contributed by atoms with Crippen molar-refractivity contribution in [2.24, 2.45) is 0 Å². The highest BCUT2D eigenvalue weighted by Crippen LogP contribution is 2.29. The summed E-state index contributed by atoms with van der Waals surface area (Å²) in [4.78, 5) is 15.2. The summed E-state index contributed by atoms with van der Waals surface area (Å²) in [6, 6.07) is 14.7. The summed E-state index contributed by atoms with van der Waals surface area (Å²) in [5.41, 5.74) is 0.0585. The van der Waals surface area contributed by atoms with Crippen molar-refractivity contribution in [3.05, 3.63) is 58.6 Å². The standard InChI is InChI=1S/C20H22N4O3S/c25-24(26)16-5-3-6-17(15-16)27-14-4-9-22-10-12-23(13-11-22)20-18-7-1-2-8-19(18)28-21-20/h1-3,5-8,15H,4,9-14H2. The van der Waals surface area contributed by atoms with Gasteiger partial charge in [-0.25, -0.2) is 0 Å². The second-order valence-electron chi connectivity index (χ2n) is 6.79. The molecule has 1 aliphatic heterocycles. The lowest BCUT2D eigenvalue weighted by atomic mass is 10.2. The first-order chi connectivity index (χ1) is 13.7. The van der Waals surface area contributed by atoms with E-state index in [9.17, 15) is 10.1 Å². The van der Waals surface area contributed by atoms with Gasteiger partial charge in [-0.3, -0.25) is 15.0 Å². The Kier molecular flexibility index (Phi) is 5.68. The predicted molar refractivity (Wildman–Crippen MR) is 111 cm³/mol. The number of non-ortho nitro benzene ring substituents is 1. The number of anilines is 1. The van der Waals surface area contributed by atoms with Gasteiger partial charge in [-0.15, -0.1) is 0 Å². The molecule has 1 saturated heterocycles. The van der Waals surface area contributed by atoms with Crippen LogP contribution in [0.2, 0.25) is 0 Å². The van der Waals surface area contributed by atoms with Crippen LogP contribution in [0, 0.1) is 10.1 Å². The van der Waals surface area contributed by atoms with Gasteiger partial charge in [0.05, 0.1) is 22.3 Å². The lowest BCUT2D eigenvalue weighted by Crippen LogP contribution is -2.47. The number of ether oxygens (including phenoxy) is 1. The number of aromatic nitrogens is 1. The molecule has 1 aromatic heterocycles. The van der Waals surface area contributed by atoms with Crippen LogP contribution >= 0.6 is 11.5 Å². The monoisotopic (exact) mass is 398 g/mol. The molecule has 28 heavy (non-hydrogen) atoms. The molecular weight excluding hydrogens is 376 g/mol. The Morgan fingerprint density at radius 2 is 1.93 bits per heavy atom. The Hall–Kier alpha value is -2.71. The molecule has 4 rings (SSSR count). The first-order valence-corrected chi connectivity index (χ1v) is 10.2. The lowest BCUT2D eigenvalue weighted by Gasteiger charge is -2.35. The zero-order valence-corrected chi connectivity index (χ0v) is 16.3. The van der Waals surface area contributed by atoms with Crippen LogP contribution in [0.15, 0.2) is 48.5 Å². The third kappa shape index (κ3) is 4.23. The molecule has 2 aromatic carbocycles. The first-order valence-electron chi connectivity index (χ1n) is 9.40. The molecule has 1 aliphatic rings. The molecule has 0 radical (unpaired) electrons. The van der Waals surface area contributed by atoms with E-state index < -0.39 is 4.92 Å². The van der Waals surface area contributed by atoms with E-state index in [1.54, 1.807) is 23.7 Å². The van der Waals surface area contributed by atoms with Crippen molar-refractivity contribution in [3.8, 4) is 5.75 Å². The lowest BCUT2D eigenvalue weighted by molar-refractivity contribution is -0.384. The molecule has 8 heteroatoms. The van der Waals surface area contributed by atoms with Gasteiger partial charge >= 0.3 is 0 Å². The third-order valence-corrected chi connectivity index (χ3v) is 5.76. The Bertz CT molecular complexity index is 953. The number of hydrogen-bond acceptors (Lipinski definition) is 7. The fraction of sp³-hybridized carbons (Fsp3) is 0.350. The zero-order chi connectivity index (χ0) is 19.3. The molecule has 0 spiro atoms. The van der Waals surface area contributed by atoms with E-state index in [-0.39, 0.29) is 5.69 Å². The fourth-order valence-corrected chi connectivity index (χ4v) is 4.24. The van der Waals surface area contributed by atoms with Gasteiger partial charge < -0.3 is 9.64 Å². The van der Waals surface area contributed by atoms with Gasteiger partial charge in [0.25, 0.3) is 5.69 Å². The van der Waals surface area contributed by atoms with Crippen LogP contribution in [-0.4, -0.2) is 53.5 Å². The van der Waals surface area contributed by atoms with Gasteiger partial charge in [0.2, 0.25) is 0 Å². The minimum absolute atomic E-state index is 0.0585. The summed E-state index contributed by atoms with van der Waals surface area (Å²) in [6.07, 6.45) is 0.891. The topological polar surface area (TPSA) is 71.7 Å². The van der Waals surface area contributed by atoms with Gasteiger partial charge in [0, 0.05) is 44.2 Å². The largest absolute Gasteiger partial charge is 0.493 e. The van der Waals surface area contributed by atoms with Gasteiger partial charge in [0.1, 0.15) is 11.6 Å². The molecule has 3 aromatic rings. The van der Waals surface area contributed by atoms with Crippen LogP contribution in [0.1, 0.15) is 6.42 Å². The Morgan fingerprint density at radius 1 is 1.11 bits per heavy atom. The zero-order valence-electron chi connectivity index (χ0n) is 15.5. The van der Waals surface area contributed by atoms with Gasteiger partial charge in [-0.1, -0.05) is 18.2 Å². The molecular formula is C20H22N4O3S. The Labute approximate surface area is 167 Å². The molecule has 0 atom stereocenters. The third-order valence-electron chi connectivity index (χ3n) is 4.95. The van der Waals surface area contributed by atoms with Crippen LogP contribution in [0.3, 0.4) is 0 Å². The predicted octanol–water partition coefficient (Wildman–Crippen LogP) is 3.80. The van der Waals surface area contributed by atoms with E-state index in [0.717, 1.165) is 45.0 Å². The number of nitro groups is 1. The highest BCUT2D eigenvalue weighted by Gasteiger charge is 2.20. The minimum Gasteiger partial charge on any atom is -0.493 e. The van der Waals surface area contributed by atoms with E-state index in [2.05, 4.69) is 38.4 Å². The summed E-state index contributed by atoms with van der Waals surface area (Å²) in [6.45, 7) is 5.46. The van der Waals surface area contributed by atoms with Crippen molar-refractivity contribution in [2.45, 2.75) is 6.42 Å². The summed E-state index contributed by atoms with van der Waals surface area (Å²) >= 11 is 1.56. The summed E-state index contributed by atoms with van der Waals surface area (Å²) in [5.74, 6) is 1.66. The average Bonchev–Trinajstić information content (AvgIpc) is 3.16. The van der Waals surface area contributed by atoms with Crippen molar-refractivity contribution in [1.29, 1.82) is 0 Å². The van der Waals surface area contributed by atoms with Crippen molar-refractivity contribution in [1.82, 2.24) is 9.27 Å². The first kappa shape index (κ1) is 18.6.